The van der Waals surface area contributed by atoms with Crippen LogP contribution in [0.25, 0.3) is 21.9 Å². The number of aryl methyl sites for hydroxylation is 1. The van der Waals surface area contributed by atoms with Crippen LogP contribution in [-0.2, 0) is 6.42 Å². The van der Waals surface area contributed by atoms with E-state index >= 15 is 4.39 Å². The van der Waals surface area contributed by atoms with E-state index in [0.717, 1.165) is 42.2 Å². The highest BCUT2D eigenvalue weighted by Crippen LogP contribution is 2.34. The normalized spacial score (nSPS) is 19.4. The molecule has 1 aliphatic carbocycles. The average Bonchev–Trinajstić information content (AvgIpc) is 2.76. The van der Waals surface area contributed by atoms with Gasteiger partial charge in [-0.15, -0.1) is 0 Å². The lowest BCUT2D eigenvalue weighted by Gasteiger charge is -2.27. The van der Waals surface area contributed by atoms with Gasteiger partial charge in [-0.2, -0.15) is 0 Å². The van der Waals surface area contributed by atoms with Crippen molar-refractivity contribution >= 4 is 10.8 Å². The van der Waals surface area contributed by atoms with Crippen molar-refractivity contribution in [3.63, 3.8) is 0 Å². The quantitative estimate of drug-likeness (QED) is 0.291. The molecule has 30 heavy (non-hydrogen) atoms. The molecule has 1 aliphatic rings. The summed E-state index contributed by atoms with van der Waals surface area (Å²) in [6.07, 6.45) is 8.66. The number of fused-ring (bicyclic) bond motifs is 1. The van der Waals surface area contributed by atoms with E-state index in [0.29, 0.717) is 5.39 Å². The van der Waals surface area contributed by atoms with E-state index < -0.39 is 23.3 Å². The summed E-state index contributed by atoms with van der Waals surface area (Å²) in [6, 6.07) is 10.6. The Kier molecular flexibility index (Phi) is 6.12. The second-order valence-electron chi connectivity index (χ2n) is 8.57. The molecule has 0 saturated heterocycles. The average molecular weight is 414 g/mol. The molecule has 0 amide bonds. The summed E-state index contributed by atoms with van der Waals surface area (Å²) >= 11 is 0. The minimum absolute atomic E-state index is 0.0161. The lowest BCUT2D eigenvalue weighted by Crippen LogP contribution is -2.14. The highest BCUT2D eigenvalue weighted by Gasteiger charge is 2.20. The van der Waals surface area contributed by atoms with Crippen molar-refractivity contribution in [1.82, 2.24) is 0 Å². The fraction of sp³-hybridized carbons (Fsp3) is 0.385. The van der Waals surface area contributed by atoms with Crippen molar-refractivity contribution < 1.29 is 17.6 Å². The van der Waals surface area contributed by atoms with Crippen LogP contribution in [0, 0.1) is 35.1 Å². The van der Waals surface area contributed by atoms with Crippen LogP contribution in [0.3, 0.4) is 0 Å². The minimum atomic E-state index is -1.55. The molecule has 0 spiro atoms. The molecule has 0 bridgehead atoms. The Morgan fingerprint density at radius 3 is 2.10 bits per heavy atom. The lowest BCUT2D eigenvalue weighted by atomic mass is 9.78. The van der Waals surface area contributed by atoms with Gasteiger partial charge < -0.3 is 0 Å². The molecule has 0 unspecified atom stereocenters. The number of benzene rings is 3. The van der Waals surface area contributed by atoms with Gasteiger partial charge in [-0.25, -0.2) is 17.6 Å². The molecular weight excluding hydrogens is 388 g/mol. The molecule has 0 atom stereocenters. The van der Waals surface area contributed by atoms with Gasteiger partial charge >= 0.3 is 0 Å². The van der Waals surface area contributed by atoms with Gasteiger partial charge in [0.15, 0.2) is 17.5 Å². The monoisotopic (exact) mass is 414 g/mol. The second-order valence-corrected chi connectivity index (χ2v) is 8.57. The van der Waals surface area contributed by atoms with E-state index in [1.54, 1.807) is 12.1 Å². The van der Waals surface area contributed by atoms with E-state index in [-0.39, 0.29) is 11.1 Å². The van der Waals surface area contributed by atoms with Gasteiger partial charge in [-0.1, -0.05) is 69.4 Å². The van der Waals surface area contributed by atoms with E-state index in [1.165, 1.54) is 43.7 Å². The molecule has 0 aliphatic heterocycles. The molecule has 4 rings (SSSR count). The lowest BCUT2D eigenvalue weighted by molar-refractivity contribution is 0.259. The topological polar surface area (TPSA) is 0 Å². The maximum atomic E-state index is 15.1. The number of hydrogen-bond acceptors (Lipinski definition) is 0. The summed E-state index contributed by atoms with van der Waals surface area (Å²) in [6.45, 7) is 2.27. The van der Waals surface area contributed by atoms with E-state index in [9.17, 15) is 13.2 Å². The number of halogens is 4. The fourth-order valence-electron chi connectivity index (χ4n) is 4.73. The SMILES string of the molecule is CC[C@H]1CC[C@H](CCc2ccc3c(F)c(-c4cc(F)c(F)c(F)c4)ccc3c2)CC1. The molecule has 0 N–H and O–H groups in total. The van der Waals surface area contributed by atoms with Crippen molar-refractivity contribution in [2.75, 3.05) is 0 Å². The van der Waals surface area contributed by atoms with Gasteiger partial charge in [-0.05, 0) is 53.3 Å². The summed E-state index contributed by atoms with van der Waals surface area (Å²) in [4.78, 5) is 0. The van der Waals surface area contributed by atoms with Gasteiger partial charge in [0.1, 0.15) is 5.82 Å². The Bertz CT molecular complexity index is 1030. The highest BCUT2D eigenvalue weighted by atomic mass is 19.2. The molecule has 3 aromatic rings. The molecule has 0 aromatic heterocycles. The molecule has 4 heteroatoms. The predicted octanol–water partition coefficient (Wildman–Crippen LogP) is 8.21. The van der Waals surface area contributed by atoms with Crippen LogP contribution >= 0.6 is 0 Å². The minimum Gasteiger partial charge on any atom is -0.206 e. The second kappa shape index (κ2) is 8.79. The predicted molar refractivity (Wildman–Crippen MR) is 113 cm³/mol. The van der Waals surface area contributed by atoms with Crippen LogP contribution in [0.1, 0.15) is 51.0 Å². The van der Waals surface area contributed by atoms with Crippen molar-refractivity contribution in [1.29, 1.82) is 0 Å². The van der Waals surface area contributed by atoms with Crippen LogP contribution in [0.2, 0.25) is 0 Å². The highest BCUT2D eigenvalue weighted by molar-refractivity contribution is 5.88. The molecule has 1 saturated carbocycles. The zero-order valence-corrected chi connectivity index (χ0v) is 17.2. The Morgan fingerprint density at radius 2 is 1.43 bits per heavy atom. The van der Waals surface area contributed by atoms with Gasteiger partial charge in [0.25, 0.3) is 0 Å². The fourth-order valence-corrected chi connectivity index (χ4v) is 4.73. The molecule has 158 valence electrons. The van der Waals surface area contributed by atoms with Crippen LogP contribution < -0.4 is 0 Å². The van der Waals surface area contributed by atoms with Gasteiger partial charge in [0, 0.05) is 10.9 Å². The van der Waals surface area contributed by atoms with Gasteiger partial charge in [-0.3, -0.25) is 0 Å². The Balaban J connectivity index is 1.53. The first-order valence-electron chi connectivity index (χ1n) is 10.8. The zero-order valence-electron chi connectivity index (χ0n) is 17.2. The largest absolute Gasteiger partial charge is 0.206 e. The molecule has 0 nitrogen and oxygen atoms in total. The Hall–Kier alpha value is -2.36. The first-order chi connectivity index (χ1) is 14.5. The van der Waals surface area contributed by atoms with Crippen LogP contribution in [-0.4, -0.2) is 0 Å². The summed E-state index contributed by atoms with van der Waals surface area (Å²) in [5, 5.41) is 1.15. The van der Waals surface area contributed by atoms with Crippen LogP contribution in [0.5, 0.6) is 0 Å². The van der Waals surface area contributed by atoms with Gasteiger partial charge in [0.05, 0.1) is 0 Å². The van der Waals surface area contributed by atoms with Gasteiger partial charge in [0.2, 0.25) is 0 Å². The van der Waals surface area contributed by atoms with Crippen LogP contribution in [0.15, 0.2) is 42.5 Å². The molecule has 0 radical (unpaired) electrons. The Labute approximate surface area is 174 Å². The zero-order chi connectivity index (χ0) is 21.3. The first-order valence-corrected chi connectivity index (χ1v) is 10.8. The first kappa shape index (κ1) is 20.9. The maximum Gasteiger partial charge on any atom is 0.194 e. The van der Waals surface area contributed by atoms with E-state index in [2.05, 4.69) is 6.92 Å². The standard InChI is InChI=1S/C26H26F4/c1-2-16-3-5-17(6-4-16)7-8-18-9-11-21-19(13-18)10-12-22(25(21)29)20-14-23(27)26(30)24(28)15-20/h9-17H,2-8H2,1H3/t16-,17-. The van der Waals surface area contributed by atoms with Crippen molar-refractivity contribution in [3.8, 4) is 11.1 Å². The molecule has 0 heterocycles. The number of rotatable bonds is 5. The number of hydrogen-bond donors (Lipinski definition) is 0. The summed E-state index contributed by atoms with van der Waals surface area (Å²) in [5.74, 6) is -3.09. The Morgan fingerprint density at radius 1 is 0.767 bits per heavy atom. The van der Waals surface area contributed by atoms with E-state index in [1.807, 2.05) is 12.1 Å². The molecule has 1 fully saturated rings. The molecular formula is C26H26F4. The van der Waals surface area contributed by atoms with Crippen LogP contribution in [0.4, 0.5) is 17.6 Å². The van der Waals surface area contributed by atoms with E-state index in [4.69, 9.17) is 0 Å². The third-order valence-corrected chi connectivity index (χ3v) is 6.70. The molecule has 3 aromatic carbocycles. The summed E-state index contributed by atoms with van der Waals surface area (Å²) in [5.41, 5.74) is 1.21. The summed E-state index contributed by atoms with van der Waals surface area (Å²) < 4.78 is 55.4. The third kappa shape index (κ3) is 4.23. The van der Waals surface area contributed by atoms with Crippen molar-refractivity contribution in [3.05, 3.63) is 71.3 Å². The third-order valence-electron chi connectivity index (χ3n) is 6.70. The maximum absolute atomic E-state index is 15.1. The van der Waals surface area contributed by atoms with Crippen molar-refractivity contribution in [2.45, 2.75) is 51.9 Å². The van der Waals surface area contributed by atoms with Crippen molar-refractivity contribution in [2.24, 2.45) is 11.8 Å². The smallest absolute Gasteiger partial charge is 0.194 e. The summed E-state index contributed by atoms with van der Waals surface area (Å²) in [7, 11) is 0.